The highest BCUT2D eigenvalue weighted by atomic mass is 16.1. The predicted octanol–water partition coefficient (Wildman–Crippen LogP) is -0.0187. The number of amides is 1. The molecule has 0 unspecified atom stereocenters. The van der Waals surface area contributed by atoms with Crippen molar-refractivity contribution in [3.8, 4) is 11.8 Å². The Kier molecular flexibility index (Phi) is 4.00. The summed E-state index contributed by atoms with van der Waals surface area (Å²) in [7, 11) is 0. The lowest BCUT2D eigenvalue weighted by Crippen LogP contribution is -2.42. The number of nitrogens with one attached hydrogen (secondary N) is 1. The van der Waals surface area contributed by atoms with Crippen molar-refractivity contribution in [2.75, 3.05) is 0 Å². The smallest absolute Gasteiger partial charge is 0.223 e. The summed E-state index contributed by atoms with van der Waals surface area (Å²) in [5, 5.41) is 13.5. The van der Waals surface area contributed by atoms with Crippen molar-refractivity contribution in [1.29, 1.82) is 0 Å². The zero-order chi connectivity index (χ0) is 12.0. The molecule has 0 atom stereocenters. The van der Waals surface area contributed by atoms with E-state index in [0.29, 0.717) is 13.0 Å². The molecule has 0 bridgehead atoms. The van der Waals surface area contributed by atoms with E-state index in [1.165, 1.54) is 11.0 Å². The maximum atomic E-state index is 11.6. The van der Waals surface area contributed by atoms with Gasteiger partial charge in [-0.3, -0.25) is 4.79 Å². The normalized spacial score (nSPS) is 10.4. The molecule has 1 aromatic rings. The molecule has 0 aliphatic heterocycles. The molecule has 1 rings (SSSR count). The van der Waals surface area contributed by atoms with E-state index >= 15 is 0 Å². The van der Waals surface area contributed by atoms with Crippen LogP contribution in [0.5, 0.6) is 0 Å². The van der Waals surface area contributed by atoms with Crippen LogP contribution in [0.2, 0.25) is 0 Å². The fraction of sp³-hybridized carbons (Fsp3) is 0.600. The molecule has 6 nitrogen and oxygen atoms in total. The molecule has 1 heterocycles. The fourth-order valence-corrected chi connectivity index (χ4v) is 1.25. The minimum absolute atomic E-state index is 0.0664. The highest BCUT2D eigenvalue weighted by Crippen LogP contribution is 2.00. The summed E-state index contributed by atoms with van der Waals surface area (Å²) in [6, 6.07) is 0. The molecular weight excluding hydrogens is 206 g/mol. The first kappa shape index (κ1) is 12.2. The molecule has 0 fully saturated rings. The van der Waals surface area contributed by atoms with E-state index < -0.39 is 5.54 Å². The molecule has 6 heteroatoms. The third-order valence-electron chi connectivity index (χ3n) is 1.85. The number of aromatic nitrogens is 4. The van der Waals surface area contributed by atoms with E-state index in [-0.39, 0.29) is 5.91 Å². The number of hydrogen-bond acceptors (Lipinski definition) is 4. The summed E-state index contributed by atoms with van der Waals surface area (Å²) in [6.45, 7) is 5.93. The molecule has 0 aliphatic carbocycles. The van der Waals surface area contributed by atoms with Crippen molar-refractivity contribution in [2.24, 2.45) is 0 Å². The van der Waals surface area contributed by atoms with Crippen molar-refractivity contribution < 1.29 is 4.79 Å². The van der Waals surface area contributed by atoms with Gasteiger partial charge in [-0.05, 0) is 31.2 Å². The van der Waals surface area contributed by atoms with Gasteiger partial charge in [0.1, 0.15) is 6.33 Å². The Bertz CT molecular complexity index is 399. The third kappa shape index (κ3) is 4.09. The largest absolute Gasteiger partial charge is 0.340 e. The van der Waals surface area contributed by atoms with E-state index in [1.807, 2.05) is 13.8 Å². The first-order valence-electron chi connectivity index (χ1n) is 4.99. The van der Waals surface area contributed by atoms with E-state index in [9.17, 15) is 4.79 Å². The van der Waals surface area contributed by atoms with Gasteiger partial charge in [0, 0.05) is 6.42 Å². The number of nitrogens with zero attached hydrogens (tertiary/aromatic N) is 4. The van der Waals surface area contributed by atoms with E-state index in [1.54, 1.807) is 6.92 Å². The quantitative estimate of drug-likeness (QED) is 0.725. The van der Waals surface area contributed by atoms with Gasteiger partial charge in [-0.1, -0.05) is 5.92 Å². The number of tetrazole rings is 1. The maximum absolute atomic E-state index is 11.6. The lowest BCUT2D eigenvalue weighted by molar-refractivity contribution is -0.122. The lowest BCUT2D eigenvalue weighted by Gasteiger charge is -2.19. The topological polar surface area (TPSA) is 72.7 Å². The van der Waals surface area contributed by atoms with Crippen molar-refractivity contribution in [1.82, 2.24) is 25.5 Å². The Hall–Kier alpha value is -1.90. The minimum Gasteiger partial charge on any atom is -0.340 e. The van der Waals surface area contributed by atoms with Crippen LogP contribution in [0.25, 0.3) is 0 Å². The average Bonchev–Trinajstić information content (AvgIpc) is 2.66. The van der Waals surface area contributed by atoms with Gasteiger partial charge in [0.15, 0.2) is 0 Å². The molecule has 0 radical (unpaired) electrons. The van der Waals surface area contributed by atoms with Crippen molar-refractivity contribution >= 4 is 5.91 Å². The first-order chi connectivity index (χ1) is 7.53. The van der Waals surface area contributed by atoms with Crippen LogP contribution in [-0.2, 0) is 11.3 Å². The number of carbonyl (C=O) groups is 1. The maximum Gasteiger partial charge on any atom is 0.223 e. The van der Waals surface area contributed by atoms with Gasteiger partial charge >= 0.3 is 0 Å². The molecule has 1 amide bonds. The second kappa shape index (κ2) is 5.26. The lowest BCUT2D eigenvalue weighted by atomic mass is 10.1. The second-order valence-corrected chi connectivity index (χ2v) is 3.87. The summed E-state index contributed by atoms with van der Waals surface area (Å²) in [4.78, 5) is 11.6. The molecule has 0 saturated heterocycles. The third-order valence-corrected chi connectivity index (χ3v) is 1.85. The molecule has 1 aromatic heterocycles. The molecule has 86 valence electrons. The van der Waals surface area contributed by atoms with E-state index in [4.69, 9.17) is 0 Å². The average molecular weight is 221 g/mol. The Morgan fingerprint density at radius 2 is 2.31 bits per heavy atom. The van der Waals surface area contributed by atoms with Crippen LogP contribution in [0.1, 0.15) is 27.2 Å². The first-order valence-corrected chi connectivity index (χ1v) is 4.99. The highest BCUT2D eigenvalue weighted by molar-refractivity contribution is 5.77. The zero-order valence-electron chi connectivity index (χ0n) is 9.69. The van der Waals surface area contributed by atoms with Gasteiger partial charge in [-0.2, -0.15) is 0 Å². The van der Waals surface area contributed by atoms with Crippen LogP contribution < -0.4 is 5.32 Å². The van der Waals surface area contributed by atoms with Crippen LogP contribution >= 0.6 is 0 Å². The summed E-state index contributed by atoms with van der Waals surface area (Å²) in [5.41, 5.74) is -0.494. The van der Waals surface area contributed by atoms with Crippen molar-refractivity contribution in [2.45, 2.75) is 39.3 Å². The predicted molar refractivity (Wildman–Crippen MR) is 58.1 cm³/mol. The Labute approximate surface area is 94.4 Å². The van der Waals surface area contributed by atoms with Crippen LogP contribution in [0.3, 0.4) is 0 Å². The van der Waals surface area contributed by atoms with E-state index in [0.717, 1.165) is 0 Å². The van der Waals surface area contributed by atoms with Crippen LogP contribution in [0.15, 0.2) is 6.33 Å². The van der Waals surface area contributed by atoms with Gasteiger partial charge in [0.25, 0.3) is 0 Å². The van der Waals surface area contributed by atoms with E-state index in [2.05, 4.69) is 32.7 Å². The molecular formula is C10H15N5O. The number of carbonyl (C=O) groups excluding carboxylic acids is 1. The van der Waals surface area contributed by atoms with Crippen LogP contribution in [0.4, 0.5) is 0 Å². The molecule has 16 heavy (non-hydrogen) atoms. The van der Waals surface area contributed by atoms with Crippen molar-refractivity contribution in [3.63, 3.8) is 0 Å². The Balaban J connectivity index is 2.38. The number of rotatable bonds is 4. The standard InChI is InChI=1S/C10H15N5O/c1-4-6-10(2,3)12-9(16)5-7-15-8-11-13-14-15/h8H,5,7H2,1-3H3,(H,12,16). The highest BCUT2D eigenvalue weighted by Gasteiger charge is 2.16. The molecule has 0 saturated carbocycles. The van der Waals surface area contributed by atoms with Gasteiger partial charge in [0.05, 0.1) is 12.1 Å². The van der Waals surface area contributed by atoms with Gasteiger partial charge in [-0.15, -0.1) is 11.0 Å². The van der Waals surface area contributed by atoms with Gasteiger partial charge in [0.2, 0.25) is 5.91 Å². The summed E-state index contributed by atoms with van der Waals surface area (Å²) in [5.74, 6) is 5.63. The van der Waals surface area contributed by atoms with Gasteiger partial charge in [-0.25, -0.2) is 4.68 Å². The molecule has 0 aromatic carbocycles. The zero-order valence-corrected chi connectivity index (χ0v) is 9.69. The minimum atomic E-state index is -0.494. The van der Waals surface area contributed by atoms with Crippen LogP contribution in [0, 0.1) is 11.8 Å². The Morgan fingerprint density at radius 3 is 2.88 bits per heavy atom. The number of aryl methyl sites for hydroxylation is 1. The molecule has 0 aliphatic rings. The SMILES string of the molecule is CC#CC(C)(C)NC(=O)CCn1cnnn1. The van der Waals surface area contributed by atoms with Crippen molar-refractivity contribution in [3.05, 3.63) is 6.33 Å². The number of hydrogen-bond donors (Lipinski definition) is 1. The second-order valence-electron chi connectivity index (χ2n) is 3.87. The molecule has 0 spiro atoms. The summed E-state index contributed by atoms with van der Waals surface area (Å²) in [6.07, 6.45) is 1.81. The monoisotopic (exact) mass is 221 g/mol. The summed E-state index contributed by atoms with van der Waals surface area (Å²) < 4.78 is 1.51. The van der Waals surface area contributed by atoms with Crippen LogP contribution in [-0.4, -0.2) is 31.7 Å². The van der Waals surface area contributed by atoms with Gasteiger partial charge < -0.3 is 5.32 Å². The molecule has 1 N–H and O–H groups in total. The Morgan fingerprint density at radius 1 is 1.56 bits per heavy atom. The fourth-order valence-electron chi connectivity index (χ4n) is 1.25. The summed E-state index contributed by atoms with van der Waals surface area (Å²) >= 11 is 0.